The maximum Gasteiger partial charge on any atom is 0.312 e. The molecule has 0 bridgehead atoms. The second-order valence-electron chi connectivity index (χ2n) is 6.22. The minimum atomic E-state index is -0.430. The first kappa shape index (κ1) is 14.5. The lowest BCUT2D eigenvalue weighted by molar-refractivity contribution is -0.150. The SMILES string of the molecule is COC(=O)C(C)(C)CNC1CCC(C)C(C)C1. The average Bonchev–Trinajstić information content (AvgIpc) is 2.29. The molecule has 0 spiro atoms. The minimum Gasteiger partial charge on any atom is -0.469 e. The van der Waals surface area contributed by atoms with E-state index in [2.05, 4.69) is 19.2 Å². The smallest absolute Gasteiger partial charge is 0.312 e. The van der Waals surface area contributed by atoms with Crippen LogP contribution in [-0.4, -0.2) is 25.7 Å². The lowest BCUT2D eigenvalue weighted by atomic mass is 9.79. The van der Waals surface area contributed by atoms with E-state index in [0.717, 1.165) is 11.8 Å². The van der Waals surface area contributed by atoms with Gasteiger partial charge in [-0.05, 0) is 44.9 Å². The van der Waals surface area contributed by atoms with Crippen LogP contribution in [0.5, 0.6) is 0 Å². The van der Waals surface area contributed by atoms with Crippen molar-refractivity contribution < 1.29 is 9.53 Å². The monoisotopic (exact) mass is 241 g/mol. The van der Waals surface area contributed by atoms with Crippen LogP contribution in [0.25, 0.3) is 0 Å². The summed E-state index contributed by atoms with van der Waals surface area (Å²) in [6, 6.07) is 0.560. The zero-order valence-electron chi connectivity index (χ0n) is 11.9. The average molecular weight is 241 g/mol. The molecule has 3 atom stereocenters. The molecule has 1 rings (SSSR count). The van der Waals surface area contributed by atoms with Gasteiger partial charge in [-0.25, -0.2) is 0 Å². The number of hydrogen-bond donors (Lipinski definition) is 1. The number of ether oxygens (including phenoxy) is 1. The fraction of sp³-hybridized carbons (Fsp3) is 0.929. The normalized spacial score (nSPS) is 30.1. The van der Waals surface area contributed by atoms with Gasteiger partial charge in [-0.2, -0.15) is 0 Å². The second-order valence-corrected chi connectivity index (χ2v) is 6.22. The van der Waals surface area contributed by atoms with Gasteiger partial charge >= 0.3 is 5.97 Å². The Bertz CT molecular complexity index is 263. The number of methoxy groups -OCH3 is 1. The van der Waals surface area contributed by atoms with E-state index in [1.54, 1.807) is 0 Å². The summed E-state index contributed by atoms with van der Waals surface area (Å²) in [7, 11) is 1.45. The fourth-order valence-corrected chi connectivity index (χ4v) is 2.48. The largest absolute Gasteiger partial charge is 0.469 e. The molecule has 0 aliphatic heterocycles. The summed E-state index contributed by atoms with van der Waals surface area (Å²) in [5, 5.41) is 3.53. The number of carbonyl (C=O) groups excluding carboxylic acids is 1. The van der Waals surface area contributed by atoms with Gasteiger partial charge in [0.1, 0.15) is 0 Å². The Morgan fingerprint density at radius 2 is 1.94 bits per heavy atom. The first-order valence-corrected chi connectivity index (χ1v) is 6.68. The second kappa shape index (κ2) is 5.85. The van der Waals surface area contributed by atoms with Gasteiger partial charge in [-0.1, -0.05) is 13.8 Å². The van der Waals surface area contributed by atoms with E-state index in [4.69, 9.17) is 4.74 Å². The van der Waals surface area contributed by atoms with Gasteiger partial charge in [0.15, 0.2) is 0 Å². The molecule has 3 nitrogen and oxygen atoms in total. The van der Waals surface area contributed by atoms with Crippen LogP contribution in [0.2, 0.25) is 0 Å². The Morgan fingerprint density at radius 1 is 1.29 bits per heavy atom. The molecular formula is C14H27NO2. The first-order chi connectivity index (χ1) is 7.86. The van der Waals surface area contributed by atoms with Crippen LogP contribution >= 0.6 is 0 Å². The van der Waals surface area contributed by atoms with E-state index in [9.17, 15) is 4.79 Å². The highest BCUT2D eigenvalue weighted by atomic mass is 16.5. The number of rotatable bonds is 4. The molecular weight excluding hydrogens is 214 g/mol. The first-order valence-electron chi connectivity index (χ1n) is 6.68. The van der Waals surface area contributed by atoms with Gasteiger partial charge in [-0.15, -0.1) is 0 Å². The van der Waals surface area contributed by atoms with E-state index in [0.29, 0.717) is 12.6 Å². The van der Waals surface area contributed by atoms with Crippen molar-refractivity contribution in [2.45, 2.75) is 53.0 Å². The van der Waals surface area contributed by atoms with Crippen molar-refractivity contribution in [2.24, 2.45) is 17.3 Å². The Balaban J connectivity index is 2.38. The third kappa shape index (κ3) is 3.98. The van der Waals surface area contributed by atoms with Crippen LogP contribution in [0.4, 0.5) is 0 Å². The Kier molecular flexibility index (Phi) is 4.99. The molecule has 3 heteroatoms. The van der Waals surface area contributed by atoms with Gasteiger partial charge < -0.3 is 10.1 Å². The highest BCUT2D eigenvalue weighted by molar-refractivity contribution is 5.76. The van der Waals surface area contributed by atoms with Gasteiger partial charge in [0, 0.05) is 12.6 Å². The lowest BCUT2D eigenvalue weighted by Gasteiger charge is -2.34. The Labute approximate surface area is 105 Å². The molecule has 1 aliphatic carbocycles. The van der Waals surface area contributed by atoms with Crippen LogP contribution in [-0.2, 0) is 9.53 Å². The number of hydrogen-bond acceptors (Lipinski definition) is 3. The van der Waals surface area contributed by atoms with Crippen molar-refractivity contribution >= 4 is 5.97 Å². The molecule has 3 unspecified atom stereocenters. The molecule has 0 heterocycles. The predicted octanol–water partition coefficient (Wildman–Crippen LogP) is 2.60. The molecule has 1 N–H and O–H groups in total. The third-order valence-corrected chi connectivity index (χ3v) is 4.17. The quantitative estimate of drug-likeness (QED) is 0.769. The van der Waals surface area contributed by atoms with Crippen molar-refractivity contribution in [2.75, 3.05) is 13.7 Å². The van der Waals surface area contributed by atoms with Crippen LogP contribution in [0.3, 0.4) is 0 Å². The van der Waals surface area contributed by atoms with E-state index >= 15 is 0 Å². The van der Waals surface area contributed by atoms with Crippen LogP contribution < -0.4 is 5.32 Å². The molecule has 0 amide bonds. The molecule has 1 fully saturated rings. The summed E-state index contributed by atoms with van der Waals surface area (Å²) < 4.78 is 4.81. The fourth-order valence-electron chi connectivity index (χ4n) is 2.48. The van der Waals surface area contributed by atoms with Gasteiger partial charge in [-0.3, -0.25) is 4.79 Å². The minimum absolute atomic E-state index is 0.137. The van der Waals surface area contributed by atoms with E-state index in [1.807, 2.05) is 13.8 Å². The summed E-state index contributed by atoms with van der Waals surface area (Å²) in [6.45, 7) is 9.22. The van der Waals surface area contributed by atoms with Gasteiger partial charge in [0.05, 0.1) is 12.5 Å². The van der Waals surface area contributed by atoms with Gasteiger partial charge in [0.2, 0.25) is 0 Å². The number of nitrogens with one attached hydrogen (secondary N) is 1. The standard InChI is InChI=1S/C14H27NO2/c1-10-6-7-12(8-11(10)2)15-9-14(3,4)13(16)17-5/h10-12,15H,6-9H2,1-5H3. The Morgan fingerprint density at radius 3 is 2.47 bits per heavy atom. The van der Waals surface area contributed by atoms with E-state index in [-0.39, 0.29) is 5.97 Å². The van der Waals surface area contributed by atoms with Crippen molar-refractivity contribution in [1.82, 2.24) is 5.32 Å². The summed E-state index contributed by atoms with van der Waals surface area (Å²) in [4.78, 5) is 11.6. The van der Waals surface area contributed by atoms with E-state index in [1.165, 1.54) is 26.4 Å². The highest BCUT2D eigenvalue weighted by Gasteiger charge is 2.31. The highest BCUT2D eigenvalue weighted by Crippen LogP contribution is 2.29. The summed E-state index contributed by atoms with van der Waals surface area (Å²) in [5.41, 5.74) is -0.430. The van der Waals surface area contributed by atoms with Crippen molar-refractivity contribution in [3.05, 3.63) is 0 Å². The Hall–Kier alpha value is -0.570. The van der Waals surface area contributed by atoms with Gasteiger partial charge in [0.25, 0.3) is 0 Å². The van der Waals surface area contributed by atoms with E-state index < -0.39 is 5.41 Å². The molecule has 1 aliphatic rings. The van der Waals surface area contributed by atoms with Crippen molar-refractivity contribution in [1.29, 1.82) is 0 Å². The topological polar surface area (TPSA) is 38.3 Å². The number of carbonyl (C=O) groups is 1. The lowest BCUT2D eigenvalue weighted by Crippen LogP contribution is -2.44. The summed E-state index contributed by atoms with van der Waals surface area (Å²) in [6.07, 6.45) is 3.73. The molecule has 0 aromatic heterocycles. The molecule has 0 aromatic carbocycles. The molecule has 0 aromatic rings. The van der Waals surface area contributed by atoms with Crippen LogP contribution in [0, 0.1) is 17.3 Å². The maximum absolute atomic E-state index is 11.6. The summed E-state index contributed by atoms with van der Waals surface area (Å²) in [5.74, 6) is 1.48. The maximum atomic E-state index is 11.6. The molecule has 0 saturated heterocycles. The zero-order chi connectivity index (χ0) is 13.1. The van der Waals surface area contributed by atoms with Crippen LogP contribution in [0.1, 0.15) is 47.0 Å². The summed E-state index contributed by atoms with van der Waals surface area (Å²) >= 11 is 0. The zero-order valence-corrected chi connectivity index (χ0v) is 11.9. The van der Waals surface area contributed by atoms with Crippen molar-refractivity contribution in [3.63, 3.8) is 0 Å². The third-order valence-electron chi connectivity index (χ3n) is 4.17. The molecule has 17 heavy (non-hydrogen) atoms. The number of esters is 1. The molecule has 1 saturated carbocycles. The molecule has 100 valence electrons. The van der Waals surface area contributed by atoms with Crippen molar-refractivity contribution in [3.8, 4) is 0 Å². The molecule has 0 radical (unpaired) electrons. The predicted molar refractivity (Wildman–Crippen MR) is 69.8 cm³/mol. The van der Waals surface area contributed by atoms with Crippen LogP contribution in [0.15, 0.2) is 0 Å².